The maximum absolute atomic E-state index is 12.3. The molecule has 2 N–H and O–H groups in total. The lowest BCUT2D eigenvalue weighted by Crippen LogP contribution is -2.38. The number of ketones is 2. The van der Waals surface area contributed by atoms with Crippen LogP contribution in [0.15, 0.2) is 24.3 Å². The molecular formula is C21H24O8. The van der Waals surface area contributed by atoms with Gasteiger partial charge in [0.2, 0.25) is 11.9 Å². The Labute approximate surface area is 167 Å². The number of hydrogen-bond acceptors (Lipinski definition) is 8. The van der Waals surface area contributed by atoms with Crippen LogP contribution in [-0.2, 0) is 35.1 Å². The molecule has 1 aliphatic carbocycles. The Kier molecular flexibility index (Phi) is 6.44. The SMILES string of the molecule is CC(C(=O)OC[C@H](O)[C@H]1OC(=O)C(O)C1=O)c1ccc(CC2CCCC2=O)cc1. The fourth-order valence-electron chi connectivity index (χ4n) is 3.63. The normalized spacial score (nSPS) is 26.3. The van der Waals surface area contributed by atoms with E-state index in [1.807, 2.05) is 12.1 Å². The van der Waals surface area contributed by atoms with Gasteiger partial charge in [-0.15, -0.1) is 0 Å². The molecule has 1 saturated carbocycles. The minimum atomic E-state index is -1.91. The largest absolute Gasteiger partial charge is 0.462 e. The van der Waals surface area contributed by atoms with Crippen LogP contribution >= 0.6 is 0 Å². The highest BCUT2D eigenvalue weighted by Crippen LogP contribution is 2.26. The zero-order valence-electron chi connectivity index (χ0n) is 16.1. The molecule has 2 fully saturated rings. The molecule has 3 unspecified atom stereocenters. The molecule has 3 rings (SSSR count). The number of rotatable bonds is 7. The highest BCUT2D eigenvalue weighted by molar-refractivity contribution is 6.09. The fourth-order valence-corrected chi connectivity index (χ4v) is 3.63. The molecule has 156 valence electrons. The summed E-state index contributed by atoms with van der Waals surface area (Å²) in [6.07, 6.45) is -1.79. The standard InChI is InChI=1S/C21H24O8/c1-11(13-7-5-12(6-8-13)9-14-3-2-4-15(14)22)20(26)28-10-16(23)19-17(24)18(25)21(27)29-19/h5-8,11,14,16,18-19,23,25H,2-4,9-10H2,1H3/t11?,14?,16-,18?,19+/m0/s1. The van der Waals surface area contributed by atoms with Gasteiger partial charge in [0.1, 0.15) is 18.5 Å². The Morgan fingerprint density at radius 2 is 1.93 bits per heavy atom. The first kappa shape index (κ1) is 21.1. The Balaban J connectivity index is 1.51. The van der Waals surface area contributed by atoms with E-state index in [9.17, 15) is 29.4 Å². The molecule has 1 heterocycles. The second kappa shape index (κ2) is 8.84. The number of ether oxygens (including phenoxy) is 2. The third kappa shape index (κ3) is 4.71. The van der Waals surface area contributed by atoms with E-state index in [2.05, 4.69) is 4.74 Å². The first-order valence-electron chi connectivity index (χ1n) is 9.66. The van der Waals surface area contributed by atoms with Crippen molar-refractivity contribution in [3.8, 4) is 0 Å². The van der Waals surface area contributed by atoms with E-state index in [1.165, 1.54) is 0 Å². The summed E-state index contributed by atoms with van der Waals surface area (Å²) in [6, 6.07) is 7.38. The number of aliphatic hydroxyl groups excluding tert-OH is 2. The van der Waals surface area contributed by atoms with E-state index in [0.717, 1.165) is 18.4 Å². The number of carbonyl (C=O) groups excluding carboxylic acids is 4. The summed E-state index contributed by atoms with van der Waals surface area (Å²) in [5, 5.41) is 19.2. The van der Waals surface area contributed by atoms with Crippen LogP contribution in [0.5, 0.6) is 0 Å². The molecule has 0 spiro atoms. The quantitative estimate of drug-likeness (QED) is 0.496. The maximum atomic E-state index is 12.3. The molecule has 8 heteroatoms. The van der Waals surface area contributed by atoms with Gasteiger partial charge in [-0.3, -0.25) is 14.4 Å². The molecule has 5 atom stereocenters. The van der Waals surface area contributed by atoms with E-state index in [1.54, 1.807) is 19.1 Å². The molecule has 1 aromatic carbocycles. The number of hydrogen-bond donors (Lipinski definition) is 2. The summed E-state index contributed by atoms with van der Waals surface area (Å²) < 4.78 is 9.64. The molecule has 1 saturated heterocycles. The highest BCUT2D eigenvalue weighted by Gasteiger charge is 2.46. The van der Waals surface area contributed by atoms with Crippen LogP contribution in [0.25, 0.3) is 0 Å². The van der Waals surface area contributed by atoms with Gasteiger partial charge in [0.05, 0.1) is 5.92 Å². The predicted molar refractivity (Wildman–Crippen MR) is 98.8 cm³/mol. The molecule has 1 aliphatic heterocycles. The lowest BCUT2D eigenvalue weighted by atomic mass is 9.94. The van der Waals surface area contributed by atoms with Crippen LogP contribution in [0, 0.1) is 5.92 Å². The van der Waals surface area contributed by atoms with E-state index in [-0.39, 0.29) is 5.92 Å². The van der Waals surface area contributed by atoms with Crippen LogP contribution in [0.2, 0.25) is 0 Å². The van der Waals surface area contributed by atoms with Gasteiger partial charge in [-0.05, 0) is 37.3 Å². The number of aliphatic hydroxyl groups is 2. The van der Waals surface area contributed by atoms with E-state index in [0.29, 0.717) is 24.2 Å². The van der Waals surface area contributed by atoms with Gasteiger partial charge >= 0.3 is 11.9 Å². The minimum Gasteiger partial charge on any atom is -0.462 e. The molecular weight excluding hydrogens is 380 g/mol. The Morgan fingerprint density at radius 3 is 2.48 bits per heavy atom. The van der Waals surface area contributed by atoms with Crippen molar-refractivity contribution in [2.24, 2.45) is 5.92 Å². The molecule has 29 heavy (non-hydrogen) atoms. The van der Waals surface area contributed by atoms with Crippen molar-refractivity contribution in [2.45, 2.75) is 56.8 Å². The summed E-state index contributed by atoms with van der Waals surface area (Å²) in [7, 11) is 0. The first-order valence-corrected chi connectivity index (χ1v) is 9.66. The van der Waals surface area contributed by atoms with Crippen LogP contribution in [0.4, 0.5) is 0 Å². The van der Waals surface area contributed by atoms with Gasteiger partial charge < -0.3 is 19.7 Å². The molecule has 0 radical (unpaired) electrons. The molecule has 1 aromatic rings. The third-order valence-electron chi connectivity index (χ3n) is 5.51. The molecule has 8 nitrogen and oxygen atoms in total. The van der Waals surface area contributed by atoms with E-state index in [4.69, 9.17) is 4.74 Å². The number of benzene rings is 1. The van der Waals surface area contributed by atoms with Gasteiger partial charge in [0.25, 0.3) is 0 Å². The average Bonchev–Trinajstić information content (AvgIpc) is 3.23. The second-order valence-electron chi connectivity index (χ2n) is 7.58. The number of Topliss-reactive ketones (excluding diaryl/α,β-unsaturated/α-hetero) is 2. The second-order valence-corrected chi connectivity index (χ2v) is 7.58. The topological polar surface area (TPSA) is 127 Å². The summed E-state index contributed by atoms with van der Waals surface area (Å²) in [6.45, 7) is 1.11. The van der Waals surface area contributed by atoms with E-state index >= 15 is 0 Å². The van der Waals surface area contributed by atoms with Crippen molar-refractivity contribution in [3.05, 3.63) is 35.4 Å². The van der Waals surface area contributed by atoms with Gasteiger partial charge in [-0.1, -0.05) is 24.3 Å². The van der Waals surface area contributed by atoms with Gasteiger partial charge in [-0.25, -0.2) is 4.79 Å². The lowest BCUT2D eigenvalue weighted by molar-refractivity contribution is -0.157. The first-order chi connectivity index (χ1) is 13.8. The smallest absolute Gasteiger partial charge is 0.343 e. The van der Waals surface area contributed by atoms with Gasteiger partial charge in [0.15, 0.2) is 6.10 Å². The fraction of sp³-hybridized carbons (Fsp3) is 0.524. The zero-order valence-corrected chi connectivity index (χ0v) is 16.1. The zero-order chi connectivity index (χ0) is 21.1. The summed E-state index contributed by atoms with van der Waals surface area (Å²) in [4.78, 5) is 46.8. The van der Waals surface area contributed by atoms with Gasteiger partial charge in [0, 0.05) is 12.3 Å². The number of esters is 2. The van der Waals surface area contributed by atoms with Crippen LogP contribution < -0.4 is 0 Å². The molecule has 2 aliphatic rings. The van der Waals surface area contributed by atoms with Crippen molar-refractivity contribution < 1.29 is 38.9 Å². The average molecular weight is 404 g/mol. The molecule has 0 amide bonds. The van der Waals surface area contributed by atoms with E-state index < -0.39 is 48.6 Å². The minimum absolute atomic E-state index is 0.0793. The van der Waals surface area contributed by atoms with Crippen LogP contribution in [0.3, 0.4) is 0 Å². The summed E-state index contributed by atoms with van der Waals surface area (Å²) >= 11 is 0. The molecule has 0 aromatic heterocycles. The van der Waals surface area contributed by atoms with Crippen molar-refractivity contribution >= 4 is 23.5 Å². The Hall–Kier alpha value is -2.58. The summed E-state index contributed by atoms with van der Waals surface area (Å²) in [5.74, 6) is -2.92. The third-order valence-corrected chi connectivity index (χ3v) is 5.51. The van der Waals surface area contributed by atoms with Crippen molar-refractivity contribution in [1.29, 1.82) is 0 Å². The van der Waals surface area contributed by atoms with Crippen molar-refractivity contribution in [2.75, 3.05) is 6.61 Å². The lowest BCUT2D eigenvalue weighted by Gasteiger charge is -2.18. The van der Waals surface area contributed by atoms with Crippen molar-refractivity contribution in [3.63, 3.8) is 0 Å². The number of cyclic esters (lactones) is 1. The molecule has 0 bridgehead atoms. The predicted octanol–water partition coefficient (Wildman–Crippen LogP) is 0.461. The highest BCUT2D eigenvalue weighted by atomic mass is 16.6. The summed E-state index contributed by atoms with van der Waals surface area (Å²) in [5.41, 5.74) is 1.75. The van der Waals surface area contributed by atoms with Crippen LogP contribution in [-0.4, -0.2) is 58.6 Å². The number of carbonyl (C=O) groups is 4. The van der Waals surface area contributed by atoms with Crippen molar-refractivity contribution in [1.82, 2.24) is 0 Å². The Morgan fingerprint density at radius 1 is 1.24 bits per heavy atom. The van der Waals surface area contributed by atoms with Crippen LogP contribution in [0.1, 0.15) is 43.2 Å². The Bertz CT molecular complexity index is 799. The monoisotopic (exact) mass is 404 g/mol. The maximum Gasteiger partial charge on any atom is 0.343 e. The van der Waals surface area contributed by atoms with Gasteiger partial charge in [-0.2, -0.15) is 0 Å².